The lowest BCUT2D eigenvalue weighted by Gasteiger charge is -2.41. The molecule has 2 saturated heterocycles. The van der Waals surface area contributed by atoms with Gasteiger partial charge in [0.15, 0.2) is 0 Å². The normalized spacial score (nSPS) is 20.7. The van der Waals surface area contributed by atoms with Crippen molar-refractivity contribution in [1.29, 1.82) is 0 Å². The Morgan fingerprint density at radius 3 is 2.70 bits per heavy atom. The molecule has 1 amide bonds. The standard InChI is InChI=1S/C23H23FN4O2/c24-18-4-7-22(26-11-18)28-19-5-6-20(28)13-27(12-19)23(29)15-30-14-17-3-1-2-16-10-25-9-8-21(16)17/h1-4,7-11,19-20H,5-6,12-15H2/t19-,20+. The second-order valence-electron chi connectivity index (χ2n) is 7.93. The summed E-state index contributed by atoms with van der Waals surface area (Å²) in [4.78, 5) is 25.3. The van der Waals surface area contributed by atoms with Crippen molar-refractivity contribution in [2.75, 3.05) is 24.6 Å². The van der Waals surface area contributed by atoms with E-state index in [-0.39, 0.29) is 30.4 Å². The van der Waals surface area contributed by atoms with Gasteiger partial charge < -0.3 is 14.5 Å². The van der Waals surface area contributed by atoms with Crippen LogP contribution in [-0.2, 0) is 16.1 Å². The lowest BCUT2D eigenvalue weighted by molar-refractivity contribution is -0.137. The Morgan fingerprint density at radius 1 is 1.10 bits per heavy atom. The maximum absolute atomic E-state index is 13.2. The molecule has 0 unspecified atom stereocenters. The number of fused-ring (bicyclic) bond motifs is 3. The van der Waals surface area contributed by atoms with Crippen molar-refractivity contribution in [2.45, 2.75) is 31.5 Å². The predicted molar refractivity (Wildman–Crippen MR) is 111 cm³/mol. The highest BCUT2D eigenvalue weighted by Crippen LogP contribution is 2.33. The molecule has 2 aliphatic rings. The molecule has 30 heavy (non-hydrogen) atoms. The summed E-state index contributed by atoms with van der Waals surface area (Å²) in [5, 5.41) is 2.16. The molecule has 2 bridgehead atoms. The molecule has 2 aromatic heterocycles. The number of carbonyl (C=O) groups excluding carboxylic acids is 1. The SMILES string of the molecule is O=C(COCc1cccc2cnccc12)N1C[C@H]2CC[C@@H](C1)N2c1ccc(F)cn1. The van der Waals surface area contributed by atoms with Crippen molar-refractivity contribution in [3.05, 3.63) is 66.4 Å². The van der Waals surface area contributed by atoms with Crippen molar-refractivity contribution in [1.82, 2.24) is 14.9 Å². The molecule has 0 saturated carbocycles. The maximum Gasteiger partial charge on any atom is 0.248 e. The number of anilines is 1. The number of carbonyl (C=O) groups is 1. The van der Waals surface area contributed by atoms with Gasteiger partial charge in [-0.25, -0.2) is 9.37 Å². The van der Waals surface area contributed by atoms with Crippen LogP contribution in [0.2, 0.25) is 0 Å². The lowest BCUT2D eigenvalue weighted by Crippen LogP contribution is -2.56. The van der Waals surface area contributed by atoms with Crippen LogP contribution in [0.25, 0.3) is 10.8 Å². The average molecular weight is 406 g/mol. The molecule has 3 aromatic rings. The molecule has 7 heteroatoms. The summed E-state index contributed by atoms with van der Waals surface area (Å²) in [6.45, 7) is 1.75. The fourth-order valence-electron chi connectivity index (χ4n) is 4.66. The van der Waals surface area contributed by atoms with E-state index in [4.69, 9.17) is 4.74 Å². The van der Waals surface area contributed by atoms with Gasteiger partial charge in [0.25, 0.3) is 0 Å². The van der Waals surface area contributed by atoms with E-state index in [2.05, 4.69) is 14.9 Å². The zero-order chi connectivity index (χ0) is 20.5. The molecule has 2 fully saturated rings. The number of likely N-dealkylation sites (tertiary alicyclic amines) is 1. The molecule has 2 atom stereocenters. The first kappa shape index (κ1) is 18.9. The Labute approximate surface area is 174 Å². The number of nitrogens with zero attached hydrogens (tertiary/aromatic N) is 4. The summed E-state index contributed by atoms with van der Waals surface area (Å²) >= 11 is 0. The highest BCUT2D eigenvalue weighted by molar-refractivity contribution is 5.84. The highest BCUT2D eigenvalue weighted by atomic mass is 19.1. The van der Waals surface area contributed by atoms with Gasteiger partial charge in [-0.05, 0) is 42.0 Å². The molecule has 2 aliphatic heterocycles. The van der Waals surface area contributed by atoms with Crippen LogP contribution in [0.5, 0.6) is 0 Å². The summed E-state index contributed by atoms with van der Waals surface area (Å²) in [6.07, 6.45) is 6.87. The van der Waals surface area contributed by atoms with Gasteiger partial charge in [-0.1, -0.05) is 18.2 Å². The fourth-order valence-corrected chi connectivity index (χ4v) is 4.66. The molecule has 4 heterocycles. The number of hydrogen-bond donors (Lipinski definition) is 0. The van der Waals surface area contributed by atoms with E-state index in [9.17, 15) is 9.18 Å². The molecular weight excluding hydrogens is 383 g/mol. The Balaban J connectivity index is 1.19. The van der Waals surface area contributed by atoms with E-state index < -0.39 is 0 Å². The summed E-state index contributed by atoms with van der Waals surface area (Å²) < 4.78 is 19.0. The summed E-state index contributed by atoms with van der Waals surface area (Å²) in [5.41, 5.74) is 1.05. The first-order valence-electron chi connectivity index (χ1n) is 10.3. The van der Waals surface area contributed by atoms with Gasteiger partial charge in [-0.15, -0.1) is 0 Å². The zero-order valence-corrected chi connectivity index (χ0v) is 16.6. The second kappa shape index (κ2) is 7.99. The quantitative estimate of drug-likeness (QED) is 0.652. The summed E-state index contributed by atoms with van der Waals surface area (Å²) in [7, 11) is 0. The molecule has 0 aliphatic carbocycles. The van der Waals surface area contributed by atoms with Crippen LogP contribution in [-0.4, -0.2) is 52.6 Å². The maximum atomic E-state index is 13.2. The van der Waals surface area contributed by atoms with E-state index in [1.54, 1.807) is 12.3 Å². The zero-order valence-electron chi connectivity index (χ0n) is 16.6. The number of pyridine rings is 2. The molecule has 0 radical (unpaired) electrons. The topological polar surface area (TPSA) is 58.6 Å². The molecule has 0 spiro atoms. The van der Waals surface area contributed by atoms with E-state index in [0.717, 1.165) is 35.0 Å². The van der Waals surface area contributed by atoms with Crippen molar-refractivity contribution in [3.63, 3.8) is 0 Å². The van der Waals surface area contributed by atoms with Crippen LogP contribution >= 0.6 is 0 Å². The van der Waals surface area contributed by atoms with Crippen molar-refractivity contribution >= 4 is 22.5 Å². The van der Waals surface area contributed by atoms with Crippen molar-refractivity contribution in [3.8, 4) is 0 Å². The summed E-state index contributed by atoms with van der Waals surface area (Å²) in [5.74, 6) is 0.470. The van der Waals surface area contributed by atoms with Crippen molar-refractivity contribution in [2.24, 2.45) is 0 Å². The van der Waals surface area contributed by atoms with Gasteiger partial charge in [-0.3, -0.25) is 9.78 Å². The average Bonchev–Trinajstić information content (AvgIpc) is 3.03. The fraction of sp³-hybridized carbons (Fsp3) is 0.348. The number of ether oxygens (including phenoxy) is 1. The molecule has 6 nitrogen and oxygen atoms in total. The number of amides is 1. The molecule has 5 rings (SSSR count). The van der Waals surface area contributed by atoms with Gasteiger partial charge in [0.2, 0.25) is 5.91 Å². The predicted octanol–water partition coefficient (Wildman–Crippen LogP) is 3.17. The number of hydrogen-bond acceptors (Lipinski definition) is 5. The minimum atomic E-state index is -0.334. The van der Waals surface area contributed by atoms with E-state index in [1.165, 1.54) is 12.3 Å². The van der Waals surface area contributed by atoms with Crippen LogP contribution < -0.4 is 4.90 Å². The number of benzene rings is 1. The Kier molecular flexibility index (Phi) is 5.04. The first-order chi connectivity index (χ1) is 14.7. The molecule has 0 N–H and O–H groups in total. The van der Waals surface area contributed by atoms with Gasteiger partial charge in [0, 0.05) is 43.0 Å². The van der Waals surface area contributed by atoms with E-state index in [0.29, 0.717) is 19.7 Å². The van der Waals surface area contributed by atoms with Gasteiger partial charge in [-0.2, -0.15) is 0 Å². The smallest absolute Gasteiger partial charge is 0.248 e. The number of halogens is 1. The van der Waals surface area contributed by atoms with Gasteiger partial charge in [0.05, 0.1) is 12.8 Å². The molecule has 154 valence electrons. The third-order valence-corrected chi connectivity index (χ3v) is 6.07. The Hall–Kier alpha value is -3.06. The van der Waals surface area contributed by atoms with E-state index in [1.807, 2.05) is 35.4 Å². The second-order valence-corrected chi connectivity index (χ2v) is 7.93. The first-order valence-corrected chi connectivity index (χ1v) is 10.3. The monoisotopic (exact) mass is 406 g/mol. The van der Waals surface area contributed by atoms with Crippen LogP contribution in [0, 0.1) is 5.82 Å². The summed E-state index contributed by atoms with van der Waals surface area (Å²) in [6, 6.07) is 11.6. The Bertz CT molecular complexity index is 1040. The van der Waals surface area contributed by atoms with Crippen LogP contribution in [0.1, 0.15) is 18.4 Å². The van der Waals surface area contributed by atoms with Crippen LogP contribution in [0.4, 0.5) is 10.2 Å². The lowest BCUT2D eigenvalue weighted by atomic mass is 10.1. The number of aromatic nitrogens is 2. The van der Waals surface area contributed by atoms with Crippen LogP contribution in [0.3, 0.4) is 0 Å². The number of piperazine rings is 1. The Morgan fingerprint density at radius 2 is 1.93 bits per heavy atom. The highest BCUT2D eigenvalue weighted by Gasteiger charge is 2.41. The largest absolute Gasteiger partial charge is 0.367 e. The minimum absolute atomic E-state index is 0.0144. The number of rotatable bonds is 5. The third kappa shape index (κ3) is 3.61. The molecule has 1 aromatic carbocycles. The van der Waals surface area contributed by atoms with Crippen molar-refractivity contribution < 1.29 is 13.9 Å². The van der Waals surface area contributed by atoms with Crippen LogP contribution in [0.15, 0.2) is 55.0 Å². The third-order valence-electron chi connectivity index (χ3n) is 6.07. The van der Waals surface area contributed by atoms with Gasteiger partial charge >= 0.3 is 0 Å². The van der Waals surface area contributed by atoms with E-state index >= 15 is 0 Å². The molecular formula is C23H23FN4O2. The minimum Gasteiger partial charge on any atom is -0.367 e. The van der Waals surface area contributed by atoms with Gasteiger partial charge in [0.1, 0.15) is 18.2 Å².